The van der Waals surface area contributed by atoms with E-state index in [1.807, 2.05) is 17.9 Å². The Bertz CT molecular complexity index is 279. The first-order valence-corrected chi connectivity index (χ1v) is 5.83. The zero-order valence-corrected chi connectivity index (χ0v) is 10.2. The van der Waals surface area contributed by atoms with Crippen LogP contribution < -0.4 is 5.73 Å². The smallest absolute Gasteiger partial charge is 0.0521 e. The first-order chi connectivity index (χ1) is 7.15. The van der Waals surface area contributed by atoms with E-state index in [2.05, 4.69) is 25.1 Å². The van der Waals surface area contributed by atoms with Gasteiger partial charge < -0.3 is 5.73 Å². The summed E-state index contributed by atoms with van der Waals surface area (Å²) in [5.74, 6) is 0. The van der Waals surface area contributed by atoms with Gasteiger partial charge in [0, 0.05) is 13.2 Å². The maximum Gasteiger partial charge on any atom is 0.0521 e. The second-order valence-corrected chi connectivity index (χ2v) is 4.43. The third-order valence-corrected chi connectivity index (χ3v) is 3.64. The van der Waals surface area contributed by atoms with Crippen LogP contribution in [0, 0.1) is 5.41 Å². The van der Waals surface area contributed by atoms with E-state index in [1.165, 1.54) is 24.8 Å². The lowest BCUT2D eigenvalue weighted by molar-refractivity contribution is 0.250. The Kier molecular flexibility index (Phi) is 4.33. The molecule has 1 aromatic rings. The second-order valence-electron chi connectivity index (χ2n) is 4.43. The molecule has 0 amide bonds. The molecule has 2 N–H and O–H groups in total. The SMILES string of the molecule is CCC(CC)(CN)CCc1cnn(C)c1. The Morgan fingerprint density at radius 3 is 2.47 bits per heavy atom. The van der Waals surface area contributed by atoms with Crippen LogP contribution in [0.3, 0.4) is 0 Å². The summed E-state index contributed by atoms with van der Waals surface area (Å²) in [5.41, 5.74) is 7.52. The van der Waals surface area contributed by atoms with Gasteiger partial charge in [-0.1, -0.05) is 13.8 Å². The number of aryl methyl sites for hydroxylation is 2. The minimum atomic E-state index is 0.329. The molecule has 15 heavy (non-hydrogen) atoms. The summed E-state index contributed by atoms with van der Waals surface area (Å²) < 4.78 is 1.86. The number of hydrogen-bond donors (Lipinski definition) is 1. The molecule has 0 aliphatic rings. The van der Waals surface area contributed by atoms with Gasteiger partial charge in [0.15, 0.2) is 0 Å². The molecule has 0 unspecified atom stereocenters. The van der Waals surface area contributed by atoms with E-state index in [9.17, 15) is 0 Å². The van der Waals surface area contributed by atoms with Crippen molar-refractivity contribution in [3.8, 4) is 0 Å². The Labute approximate surface area is 92.7 Å². The summed E-state index contributed by atoms with van der Waals surface area (Å²) in [6.45, 7) is 5.26. The van der Waals surface area contributed by atoms with E-state index in [-0.39, 0.29) is 0 Å². The zero-order chi connectivity index (χ0) is 11.3. The Hall–Kier alpha value is -0.830. The molecule has 0 spiro atoms. The van der Waals surface area contributed by atoms with Gasteiger partial charge in [-0.05, 0) is 43.2 Å². The molecule has 0 fully saturated rings. The standard InChI is InChI=1S/C12H23N3/c1-4-12(5-2,10-13)7-6-11-8-14-15(3)9-11/h8-9H,4-7,10,13H2,1-3H3. The number of nitrogens with zero attached hydrogens (tertiary/aromatic N) is 2. The summed E-state index contributed by atoms with van der Waals surface area (Å²) >= 11 is 0. The molecule has 1 heterocycles. The molecule has 1 rings (SSSR count). The Morgan fingerprint density at radius 1 is 1.40 bits per heavy atom. The fourth-order valence-electron chi connectivity index (χ4n) is 2.00. The quantitative estimate of drug-likeness (QED) is 0.780. The fourth-order valence-corrected chi connectivity index (χ4v) is 2.00. The summed E-state index contributed by atoms with van der Waals surface area (Å²) in [6, 6.07) is 0. The number of aromatic nitrogens is 2. The van der Waals surface area contributed by atoms with Crippen molar-refractivity contribution in [3.63, 3.8) is 0 Å². The van der Waals surface area contributed by atoms with Crippen molar-refractivity contribution in [1.82, 2.24) is 9.78 Å². The molecule has 0 bridgehead atoms. The third-order valence-electron chi connectivity index (χ3n) is 3.64. The van der Waals surface area contributed by atoms with Gasteiger partial charge in [0.05, 0.1) is 6.20 Å². The van der Waals surface area contributed by atoms with Gasteiger partial charge >= 0.3 is 0 Å². The van der Waals surface area contributed by atoms with E-state index in [0.29, 0.717) is 5.41 Å². The molecule has 0 saturated heterocycles. The highest BCUT2D eigenvalue weighted by Crippen LogP contribution is 2.30. The highest BCUT2D eigenvalue weighted by atomic mass is 15.2. The summed E-state index contributed by atoms with van der Waals surface area (Å²) in [7, 11) is 1.96. The molecule has 0 aliphatic carbocycles. The number of nitrogens with two attached hydrogens (primary N) is 1. The summed E-state index contributed by atoms with van der Waals surface area (Å²) in [6.07, 6.45) is 8.63. The first-order valence-electron chi connectivity index (χ1n) is 5.83. The van der Waals surface area contributed by atoms with Crippen LogP contribution in [-0.2, 0) is 13.5 Å². The molecular formula is C12H23N3. The van der Waals surface area contributed by atoms with E-state index in [4.69, 9.17) is 5.73 Å². The topological polar surface area (TPSA) is 43.8 Å². The normalized spacial score (nSPS) is 12.0. The van der Waals surface area contributed by atoms with Gasteiger partial charge in [-0.15, -0.1) is 0 Å². The van der Waals surface area contributed by atoms with Gasteiger partial charge in [-0.3, -0.25) is 4.68 Å². The number of hydrogen-bond acceptors (Lipinski definition) is 2. The van der Waals surface area contributed by atoms with Gasteiger partial charge in [0.25, 0.3) is 0 Å². The van der Waals surface area contributed by atoms with Crippen LogP contribution in [0.15, 0.2) is 12.4 Å². The molecule has 1 aromatic heterocycles. The molecule has 0 aliphatic heterocycles. The summed E-state index contributed by atoms with van der Waals surface area (Å²) in [4.78, 5) is 0. The van der Waals surface area contributed by atoms with E-state index >= 15 is 0 Å². The van der Waals surface area contributed by atoms with Gasteiger partial charge in [-0.2, -0.15) is 5.10 Å². The van der Waals surface area contributed by atoms with Gasteiger partial charge in [-0.25, -0.2) is 0 Å². The van der Waals surface area contributed by atoms with Crippen LogP contribution in [0.2, 0.25) is 0 Å². The highest BCUT2D eigenvalue weighted by molar-refractivity contribution is 5.04. The lowest BCUT2D eigenvalue weighted by Crippen LogP contribution is -2.29. The monoisotopic (exact) mass is 209 g/mol. The molecule has 0 aromatic carbocycles. The maximum absolute atomic E-state index is 5.88. The lowest BCUT2D eigenvalue weighted by Gasteiger charge is -2.29. The van der Waals surface area contributed by atoms with Crippen LogP contribution >= 0.6 is 0 Å². The number of rotatable bonds is 6. The lowest BCUT2D eigenvalue weighted by atomic mass is 9.78. The van der Waals surface area contributed by atoms with E-state index in [0.717, 1.165) is 13.0 Å². The molecule has 0 radical (unpaired) electrons. The van der Waals surface area contributed by atoms with Crippen LogP contribution in [0.5, 0.6) is 0 Å². The van der Waals surface area contributed by atoms with Crippen LogP contribution in [-0.4, -0.2) is 16.3 Å². The maximum atomic E-state index is 5.88. The third kappa shape index (κ3) is 3.06. The minimum Gasteiger partial charge on any atom is -0.330 e. The average molecular weight is 209 g/mol. The van der Waals surface area contributed by atoms with Gasteiger partial charge in [0.2, 0.25) is 0 Å². The molecule has 86 valence electrons. The van der Waals surface area contributed by atoms with Crippen LogP contribution in [0.25, 0.3) is 0 Å². The second kappa shape index (κ2) is 5.31. The van der Waals surface area contributed by atoms with E-state index < -0.39 is 0 Å². The average Bonchev–Trinajstić information content (AvgIpc) is 2.67. The van der Waals surface area contributed by atoms with Crippen molar-refractivity contribution in [2.24, 2.45) is 18.2 Å². The van der Waals surface area contributed by atoms with Crippen molar-refractivity contribution in [3.05, 3.63) is 18.0 Å². The molecule has 3 nitrogen and oxygen atoms in total. The molecule has 3 heteroatoms. The van der Waals surface area contributed by atoms with Crippen molar-refractivity contribution >= 4 is 0 Å². The predicted octanol–water partition coefficient (Wildman–Crippen LogP) is 2.12. The van der Waals surface area contributed by atoms with Crippen molar-refractivity contribution in [2.45, 2.75) is 39.5 Å². The van der Waals surface area contributed by atoms with Gasteiger partial charge in [0.1, 0.15) is 0 Å². The Morgan fingerprint density at radius 2 is 2.07 bits per heavy atom. The van der Waals surface area contributed by atoms with Crippen LogP contribution in [0.1, 0.15) is 38.7 Å². The van der Waals surface area contributed by atoms with Crippen molar-refractivity contribution in [1.29, 1.82) is 0 Å². The molecule has 0 saturated carbocycles. The zero-order valence-electron chi connectivity index (χ0n) is 10.2. The molecule has 0 atom stereocenters. The van der Waals surface area contributed by atoms with Crippen molar-refractivity contribution < 1.29 is 0 Å². The van der Waals surface area contributed by atoms with Crippen LogP contribution in [0.4, 0.5) is 0 Å². The van der Waals surface area contributed by atoms with E-state index in [1.54, 1.807) is 0 Å². The summed E-state index contributed by atoms with van der Waals surface area (Å²) in [5, 5.41) is 4.18. The van der Waals surface area contributed by atoms with Crippen molar-refractivity contribution in [2.75, 3.05) is 6.54 Å². The largest absolute Gasteiger partial charge is 0.330 e. The fraction of sp³-hybridized carbons (Fsp3) is 0.750. The molecular weight excluding hydrogens is 186 g/mol. The highest BCUT2D eigenvalue weighted by Gasteiger charge is 2.23. The predicted molar refractivity (Wildman–Crippen MR) is 63.6 cm³/mol. The first kappa shape index (κ1) is 12.2. The Balaban J connectivity index is 2.54. The minimum absolute atomic E-state index is 0.329.